The molecule has 1 saturated heterocycles. The summed E-state index contributed by atoms with van der Waals surface area (Å²) < 4.78 is 42.2. The summed E-state index contributed by atoms with van der Waals surface area (Å²) in [5, 5.41) is 0. The van der Waals surface area contributed by atoms with Gasteiger partial charge < -0.3 is 10.2 Å². The summed E-state index contributed by atoms with van der Waals surface area (Å²) in [6, 6.07) is 3.69. The lowest BCUT2D eigenvalue weighted by atomic mass is 10.3. The maximum absolute atomic E-state index is 12.2. The molecule has 1 aliphatic rings. The zero-order valence-electron chi connectivity index (χ0n) is 10.6. The van der Waals surface area contributed by atoms with Crippen molar-refractivity contribution >= 4 is 0 Å². The molecular weight excluding hydrogens is 259 g/mol. The van der Waals surface area contributed by atoms with Gasteiger partial charge in [-0.15, -0.1) is 0 Å². The van der Waals surface area contributed by atoms with E-state index in [1.165, 1.54) is 4.90 Å². The number of furan rings is 1. The van der Waals surface area contributed by atoms with Crippen LogP contribution in [0, 0.1) is 0 Å². The molecule has 2 N–H and O–H groups in total. The normalized spacial score (nSPS) is 18.9. The lowest BCUT2D eigenvalue weighted by Crippen LogP contribution is -2.48. The molecule has 0 amide bonds. The van der Waals surface area contributed by atoms with Gasteiger partial charge >= 0.3 is 6.18 Å². The third-order valence-electron chi connectivity index (χ3n) is 3.17. The highest BCUT2D eigenvalue weighted by molar-refractivity contribution is 5.06. The Bertz CT molecular complexity index is 397. The second-order valence-electron chi connectivity index (χ2n) is 4.74. The van der Waals surface area contributed by atoms with Crippen LogP contribution in [0.3, 0.4) is 0 Å². The second kappa shape index (κ2) is 5.94. The average molecular weight is 277 g/mol. The van der Waals surface area contributed by atoms with E-state index in [1.54, 1.807) is 0 Å². The highest BCUT2D eigenvalue weighted by atomic mass is 19.4. The lowest BCUT2D eigenvalue weighted by Gasteiger charge is -2.34. The van der Waals surface area contributed by atoms with Crippen molar-refractivity contribution in [1.82, 2.24) is 9.80 Å². The first kappa shape index (κ1) is 14.4. The van der Waals surface area contributed by atoms with Crippen LogP contribution >= 0.6 is 0 Å². The van der Waals surface area contributed by atoms with Gasteiger partial charge in [0, 0.05) is 26.2 Å². The number of alkyl halides is 3. The van der Waals surface area contributed by atoms with Crippen LogP contribution in [-0.2, 0) is 13.1 Å². The quantitative estimate of drug-likeness (QED) is 0.904. The summed E-state index contributed by atoms with van der Waals surface area (Å²) in [7, 11) is 0. The van der Waals surface area contributed by atoms with E-state index in [0.717, 1.165) is 11.5 Å². The highest BCUT2D eigenvalue weighted by Gasteiger charge is 2.32. The molecule has 0 spiro atoms. The van der Waals surface area contributed by atoms with Crippen LogP contribution < -0.4 is 5.73 Å². The molecule has 2 rings (SSSR count). The molecule has 108 valence electrons. The van der Waals surface area contributed by atoms with Crippen LogP contribution in [0.1, 0.15) is 11.5 Å². The van der Waals surface area contributed by atoms with Crippen LogP contribution in [0.4, 0.5) is 13.2 Å². The van der Waals surface area contributed by atoms with Crippen molar-refractivity contribution in [2.75, 3.05) is 32.7 Å². The molecule has 0 atom stereocenters. The van der Waals surface area contributed by atoms with E-state index in [0.29, 0.717) is 39.3 Å². The molecule has 4 nitrogen and oxygen atoms in total. The molecule has 0 aromatic carbocycles. The molecule has 1 aliphatic heterocycles. The van der Waals surface area contributed by atoms with Gasteiger partial charge in [0.2, 0.25) is 0 Å². The summed E-state index contributed by atoms with van der Waals surface area (Å²) >= 11 is 0. The van der Waals surface area contributed by atoms with Gasteiger partial charge in [-0.25, -0.2) is 0 Å². The van der Waals surface area contributed by atoms with Crippen LogP contribution in [0.5, 0.6) is 0 Å². The Morgan fingerprint density at radius 1 is 1.05 bits per heavy atom. The summed E-state index contributed by atoms with van der Waals surface area (Å²) in [6.45, 7) is 2.27. The maximum Gasteiger partial charge on any atom is 0.401 e. The molecule has 19 heavy (non-hydrogen) atoms. The van der Waals surface area contributed by atoms with Gasteiger partial charge in [0.05, 0.1) is 19.6 Å². The molecule has 1 aromatic rings. The minimum Gasteiger partial charge on any atom is -0.463 e. The molecule has 0 saturated carbocycles. The smallest absolute Gasteiger partial charge is 0.401 e. The van der Waals surface area contributed by atoms with Gasteiger partial charge in [0.25, 0.3) is 0 Å². The predicted molar refractivity (Wildman–Crippen MR) is 64.4 cm³/mol. The number of nitrogens with zero attached hydrogens (tertiary/aromatic N) is 2. The number of hydrogen-bond acceptors (Lipinski definition) is 4. The predicted octanol–water partition coefficient (Wildman–Crippen LogP) is 1.42. The molecule has 7 heteroatoms. The number of halogens is 3. The van der Waals surface area contributed by atoms with E-state index in [1.807, 2.05) is 12.1 Å². The monoisotopic (exact) mass is 277 g/mol. The fraction of sp³-hybridized carbons (Fsp3) is 0.667. The Labute approximate surface area is 109 Å². The summed E-state index contributed by atoms with van der Waals surface area (Å²) in [5.41, 5.74) is 5.45. The summed E-state index contributed by atoms with van der Waals surface area (Å²) in [4.78, 5) is 3.52. The average Bonchev–Trinajstić information content (AvgIpc) is 2.77. The number of rotatable bonds is 4. The van der Waals surface area contributed by atoms with Crippen molar-refractivity contribution in [3.05, 3.63) is 23.7 Å². The zero-order chi connectivity index (χ0) is 13.9. The van der Waals surface area contributed by atoms with Crippen molar-refractivity contribution in [3.63, 3.8) is 0 Å². The van der Waals surface area contributed by atoms with Crippen molar-refractivity contribution in [2.45, 2.75) is 19.3 Å². The molecule has 0 aliphatic carbocycles. The van der Waals surface area contributed by atoms with Crippen LogP contribution in [0.2, 0.25) is 0 Å². The molecule has 2 heterocycles. The third kappa shape index (κ3) is 4.52. The van der Waals surface area contributed by atoms with Gasteiger partial charge in [0.1, 0.15) is 11.5 Å². The minimum absolute atomic E-state index is 0.360. The third-order valence-corrected chi connectivity index (χ3v) is 3.17. The Kier molecular flexibility index (Phi) is 4.49. The Hall–Kier alpha value is -1.05. The second-order valence-corrected chi connectivity index (χ2v) is 4.74. The van der Waals surface area contributed by atoms with Crippen LogP contribution in [0.15, 0.2) is 16.5 Å². The summed E-state index contributed by atoms with van der Waals surface area (Å²) in [6.07, 6.45) is -4.11. The van der Waals surface area contributed by atoms with Gasteiger partial charge in [-0.05, 0) is 12.1 Å². The Balaban J connectivity index is 1.77. The first-order valence-corrected chi connectivity index (χ1v) is 6.25. The number of nitrogens with two attached hydrogens (primary N) is 1. The van der Waals surface area contributed by atoms with Crippen molar-refractivity contribution < 1.29 is 17.6 Å². The SMILES string of the molecule is NCc1ccc(CN2CCN(CC(F)(F)F)CC2)o1. The molecule has 1 fully saturated rings. The first-order valence-electron chi connectivity index (χ1n) is 6.25. The molecular formula is C12H18F3N3O. The van der Waals surface area contributed by atoms with Gasteiger partial charge in [0.15, 0.2) is 0 Å². The molecule has 1 aromatic heterocycles. The topological polar surface area (TPSA) is 45.6 Å². The van der Waals surface area contributed by atoms with E-state index in [-0.39, 0.29) is 0 Å². The molecule has 0 bridgehead atoms. The van der Waals surface area contributed by atoms with Crippen molar-refractivity contribution in [1.29, 1.82) is 0 Å². The largest absolute Gasteiger partial charge is 0.463 e. The van der Waals surface area contributed by atoms with E-state index in [2.05, 4.69) is 4.90 Å². The highest BCUT2D eigenvalue weighted by Crippen LogP contribution is 2.18. The van der Waals surface area contributed by atoms with Crippen LogP contribution in [-0.4, -0.2) is 48.7 Å². The van der Waals surface area contributed by atoms with Gasteiger partial charge in [-0.3, -0.25) is 9.80 Å². The number of piperazine rings is 1. The van der Waals surface area contributed by atoms with Crippen molar-refractivity contribution in [2.24, 2.45) is 5.73 Å². The Morgan fingerprint density at radius 2 is 1.63 bits per heavy atom. The van der Waals surface area contributed by atoms with Crippen LogP contribution in [0.25, 0.3) is 0 Å². The molecule has 0 radical (unpaired) electrons. The standard InChI is InChI=1S/C12H18F3N3O/c13-12(14,15)9-18-5-3-17(4-6-18)8-11-2-1-10(7-16)19-11/h1-2H,3-9,16H2. The summed E-state index contributed by atoms with van der Waals surface area (Å²) in [5.74, 6) is 1.54. The van der Waals surface area contributed by atoms with Gasteiger partial charge in [-0.1, -0.05) is 0 Å². The Morgan fingerprint density at radius 3 is 2.16 bits per heavy atom. The van der Waals surface area contributed by atoms with Gasteiger partial charge in [-0.2, -0.15) is 13.2 Å². The minimum atomic E-state index is -4.11. The van der Waals surface area contributed by atoms with Crippen molar-refractivity contribution in [3.8, 4) is 0 Å². The lowest BCUT2D eigenvalue weighted by molar-refractivity contribution is -0.149. The maximum atomic E-state index is 12.2. The van der Waals surface area contributed by atoms with E-state index in [4.69, 9.17) is 10.2 Å². The van der Waals surface area contributed by atoms with E-state index in [9.17, 15) is 13.2 Å². The zero-order valence-corrected chi connectivity index (χ0v) is 10.6. The van der Waals surface area contributed by atoms with E-state index < -0.39 is 12.7 Å². The number of hydrogen-bond donors (Lipinski definition) is 1. The fourth-order valence-electron chi connectivity index (χ4n) is 2.20. The fourth-order valence-corrected chi connectivity index (χ4v) is 2.20. The first-order chi connectivity index (χ1) is 8.96. The van der Waals surface area contributed by atoms with E-state index >= 15 is 0 Å². The molecule has 0 unspecified atom stereocenters.